The number of alkyl halides is 1. The Morgan fingerprint density at radius 2 is 1.88 bits per heavy atom. The first-order valence-electron chi connectivity index (χ1n) is 7.65. The van der Waals surface area contributed by atoms with E-state index in [-0.39, 0.29) is 22.6 Å². The van der Waals surface area contributed by atoms with Gasteiger partial charge in [0.25, 0.3) is 0 Å². The lowest BCUT2D eigenvalue weighted by molar-refractivity contribution is -0.116. The number of rotatable bonds is 4. The number of benzene rings is 1. The van der Waals surface area contributed by atoms with Crippen molar-refractivity contribution >= 4 is 34.8 Å². The first kappa shape index (κ1) is 18.1. The standard InChI is InChI=1S/C18H14Cl2N4O2/c1-10-14(19)17(25)24-16(22-10)13-8-7-12(9-21-13)23-18(26)15(20)11-5-3-2-4-6-11/h2-9,15H,1H3,(H,23,26)(H,22,24,25). The highest BCUT2D eigenvalue weighted by atomic mass is 35.5. The van der Waals surface area contributed by atoms with Crippen LogP contribution in [0.4, 0.5) is 5.69 Å². The second-order valence-electron chi connectivity index (χ2n) is 5.46. The van der Waals surface area contributed by atoms with E-state index in [4.69, 9.17) is 23.2 Å². The number of hydrogen-bond donors (Lipinski definition) is 2. The summed E-state index contributed by atoms with van der Waals surface area (Å²) in [5, 5.41) is 11.7. The zero-order valence-corrected chi connectivity index (χ0v) is 15.2. The Morgan fingerprint density at radius 1 is 1.15 bits per heavy atom. The van der Waals surface area contributed by atoms with Crippen LogP contribution in [-0.4, -0.2) is 26.0 Å². The average molecular weight is 389 g/mol. The molecule has 1 amide bonds. The molecule has 2 aromatic heterocycles. The third kappa shape index (κ3) is 3.92. The molecule has 6 nitrogen and oxygen atoms in total. The molecule has 0 aliphatic rings. The van der Waals surface area contributed by atoms with Crippen molar-refractivity contribution in [3.63, 3.8) is 0 Å². The van der Waals surface area contributed by atoms with Crippen molar-refractivity contribution in [3.05, 3.63) is 64.9 Å². The summed E-state index contributed by atoms with van der Waals surface area (Å²) in [4.78, 5) is 24.6. The van der Waals surface area contributed by atoms with Gasteiger partial charge >= 0.3 is 0 Å². The number of aromatic nitrogens is 3. The highest BCUT2D eigenvalue weighted by Gasteiger charge is 2.18. The molecule has 0 saturated heterocycles. The number of carbonyl (C=O) groups is 1. The fourth-order valence-electron chi connectivity index (χ4n) is 2.24. The van der Waals surface area contributed by atoms with Gasteiger partial charge < -0.3 is 10.4 Å². The molecule has 0 fully saturated rings. The van der Waals surface area contributed by atoms with Gasteiger partial charge in [0.2, 0.25) is 11.8 Å². The Balaban J connectivity index is 1.75. The number of hydrogen-bond acceptors (Lipinski definition) is 5. The number of carbonyl (C=O) groups excluding carboxylic acids is 1. The van der Waals surface area contributed by atoms with Gasteiger partial charge in [-0.2, -0.15) is 4.98 Å². The van der Waals surface area contributed by atoms with Crippen molar-refractivity contribution in [1.29, 1.82) is 0 Å². The first-order chi connectivity index (χ1) is 12.5. The summed E-state index contributed by atoms with van der Waals surface area (Å²) >= 11 is 12.0. The van der Waals surface area contributed by atoms with Crippen LogP contribution in [0.1, 0.15) is 16.6 Å². The third-order valence-electron chi connectivity index (χ3n) is 3.58. The smallest absolute Gasteiger partial charge is 0.247 e. The summed E-state index contributed by atoms with van der Waals surface area (Å²) in [5.41, 5.74) is 2.07. The Labute approximate surface area is 159 Å². The van der Waals surface area contributed by atoms with E-state index < -0.39 is 5.38 Å². The molecular weight excluding hydrogens is 375 g/mol. The normalized spacial score (nSPS) is 11.8. The summed E-state index contributed by atoms with van der Waals surface area (Å²) in [5.74, 6) is -0.424. The molecule has 1 unspecified atom stereocenters. The van der Waals surface area contributed by atoms with Crippen LogP contribution in [0.15, 0.2) is 48.7 Å². The Kier molecular flexibility index (Phi) is 5.35. The number of halogens is 2. The fourth-order valence-corrected chi connectivity index (χ4v) is 2.52. The lowest BCUT2D eigenvalue weighted by atomic mass is 10.1. The maximum Gasteiger partial charge on any atom is 0.247 e. The van der Waals surface area contributed by atoms with Crippen molar-refractivity contribution in [1.82, 2.24) is 15.0 Å². The molecule has 2 N–H and O–H groups in total. The molecule has 26 heavy (non-hydrogen) atoms. The molecule has 0 saturated carbocycles. The molecule has 0 spiro atoms. The fraction of sp³-hybridized carbons (Fsp3) is 0.111. The molecule has 8 heteroatoms. The number of amides is 1. The van der Waals surface area contributed by atoms with Gasteiger partial charge in [0.05, 0.1) is 17.6 Å². The number of nitrogens with one attached hydrogen (secondary N) is 1. The lowest BCUT2D eigenvalue weighted by Crippen LogP contribution is -2.17. The number of aromatic hydroxyl groups is 1. The second kappa shape index (κ2) is 7.68. The molecule has 0 aliphatic heterocycles. The van der Waals surface area contributed by atoms with Crippen LogP contribution in [-0.2, 0) is 4.79 Å². The largest absolute Gasteiger partial charge is 0.492 e. The molecule has 132 valence electrons. The van der Waals surface area contributed by atoms with Crippen LogP contribution >= 0.6 is 23.2 Å². The average Bonchev–Trinajstić information content (AvgIpc) is 2.66. The maximum atomic E-state index is 12.3. The quantitative estimate of drug-likeness (QED) is 0.656. The van der Waals surface area contributed by atoms with E-state index >= 15 is 0 Å². The number of anilines is 1. The highest BCUT2D eigenvalue weighted by Crippen LogP contribution is 2.27. The van der Waals surface area contributed by atoms with Gasteiger partial charge in [-0.15, -0.1) is 11.6 Å². The monoisotopic (exact) mass is 388 g/mol. The van der Waals surface area contributed by atoms with Crippen LogP contribution < -0.4 is 5.32 Å². The predicted molar refractivity (Wildman–Crippen MR) is 100 cm³/mol. The molecule has 3 rings (SSSR count). The van der Waals surface area contributed by atoms with Gasteiger partial charge in [-0.3, -0.25) is 9.78 Å². The highest BCUT2D eigenvalue weighted by molar-refractivity contribution is 6.32. The molecular formula is C18H14Cl2N4O2. The van der Waals surface area contributed by atoms with Crippen molar-refractivity contribution in [2.75, 3.05) is 5.32 Å². The van der Waals surface area contributed by atoms with Gasteiger partial charge in [-0.1, -0.05) is 41.9 Å². The van der Waals surface area contributed by atoms with Crippen molar-refractivity contribution in [2.45, 2.75) is 12.3 Å². The zero-order valence-electron chi connectivity index (χ0n) is 13.6. The summed E-state index contributed by atoms with van der Waals surface area (Å²) in [6.45, 7) is 1.66. The Hall–Kier alpha value is -2.70. The van der Waals surface area contributed by atoms with Crippen molar-refractivity contribution < 1.29 is 9.90 Å². The molecule has 0 radical (unpaired) electrons. The summed E-state index contributed by atoms with van der Waals surface area (Å²) < 4.78 is 0. The van der Waals surface area contributed by atoms with E-state index in [9.17, 15) is 9.90 Å². The topological polar surface area (TPSA) is 88.0 Å². The van der Waals surface area contributed by atoms with Crippen LogP contribution in [0.2, 0.25) is 5.02 Å². The number of pyridine rings is 1. The summed E-state index contributed by atoms with van der Waals surface area (Å²) in [6.07, 6.45) is 1.46. The minimum Gasteiger partial charge on any atom is -0.492 e. The molecule has 1 aromatic carbocycles. The molecule has 1 atom stereocenters. The van der Waals surface area contributed by atoms with Crippen molar-refractivity contribution in [2.24, 2.45) is 0 Å². The molecule has 2 heterocycles. The van der Waals surface area contributed by atoms with Gasteiger partial charge in [0, 0.05) is 0 Å². The minimum absolute atomic E-state index is 0.103. The second-order valence-corrected chi connectivity index (χ2v) is 6.28. The maximum absolute atomic E-state index is 12.3. The van der Waals surface area contributed by atoms with E-state index in [1.807, 2.05) is 18.2 Å². The zero-order chi connectivity index (χ0) is 18.7. The Morgan fingerprint density at radius 3 is 2.50 bits per heavy atom. The summed E-state index contributed by atoms with van der Waals surface area (Å²) in [6, 6.07) is 12.3. The molecule has 0 aliphatic carbocycles. The Bertz CT molecular complexity index is 911. The van der Waals surface area contributed by atoms with Gasteiger partial charge in [0.15, 0.2) is 5.82 Å². The first-order valence-corrected chi connectivity index (χ1v) is 8.46. The van der Waals surface area contributed by atoms with Gasteiger partial charge in [0.1, 0.15) is 16.1 Å². The van der Waals surface area contributed by atoms with Crippen LogP contribution in [0.5, 0.6) is 5.88 Å². The van der Waals surface area contributed by atoms with Crippen LogP contribution in [0.3, 0.4) is 0 Å². The summed E-state index contributed by atoms with van der Waals surface area (Å²) in [7, 11) is 0. The SMILES string of the molecule is Cc1nc(-c2ccc(NC(=O)C(Cl)c3ccccc3)cn2)nc(O)c1Cl. The van der Waals surface area contributed by atoms with Crippen LogP contribution in [0, 0.1) is 6.92 Å². The van der Waals surface area contributed by atoms with Gasteiger partial charge in [-0.25, -0.2) is 4.98 Å². The number of aryl methyl sites for hydroxylation is 1. The van der Waals surface area contributed by atoms with E-state index in [2.05, 4.69) is 20.3 Å². The predicted octanol–water partition coefficient (Wildman–Crippen LogP) is 4.12. The molecule has 3 aromatic rings. The van der Waals surface area contributed by atoms with Gasteiger partial charge in [-0.05, 0) is 24.6 Å². The lowest BCUT2D eigenvalue weighted by Gasteiger charge is -2.11. The van der Waals surface area contributed by atoms with E-state index in [0.717, 1.165) is 0 Å². The van der Waals surface area contributed by atoms with E-state index in [1.54, 1.807) is 31.2 Å². The van der Waals surface area contributed by atoms with Crippen molar-refractivity contribution in [3.8, 4) is 17.4 Å². The van der Waals surface area contributed by atoms with Crippen LogP contribution in [0.25, 0.3) is 11.5 Å². The van der Waals surface area contributed by atoms with E-state index in [1.165, 1.54) is 6.20 Å². The number of nitrogens with zero attached hydrogens (tertiary/aromatic N) is 3. The van der Waals surface area contributed by atoms with E-state index in [0.29, 0.717) is 22.6 Å². The minimum atomic E-state index is -0.810. The third-order valence-corrected chi connectivity index (χ3v) is 4.47. The molecule has 0 bridgehead atoms.